The lowest BCUT2D eigenvalue weighted by Crippen LogP contribution is -2.40. The summed E-state index contributed by atoms with van der Waals surface area (Å²) in [4.78, 5) is 17.2. The van der Waals surface area contributed by atoms with Gasteiger partial charge >= 0.3 is 0 Å². The quantitative estimate of drug-likeness (QED) is 0.854. The maximum absolute atomic E-state index is 13.3. The summed E-state index contributed by atoms with van der Waals surface area (Å²) in [6.07, 6.45) is 5.21. The van der Waals surface area contributed by atoms with Crippen molar-refractivity contribution in [1.29, 1.82) is 0 Å². The highest BCUT2D eigenvalue weighted by Gasteiger charge is 2.35. The van der Waals surface area contributed by atoms with Gasteiger partial charge in [-0.1, -0.05) is 0 Å². The Balaban J connectivity index is 1.46. The van der Waals surface area contributed by atoms with E-state index < -0.39 is 5.92 Å². The van der Waals surface area contributed by atoms with Gasteiger partial charge in [-0.2, -0.15) is 5.10 Å². The third-order valence-electron chi connectivity index (χ3n) is 5.24. The minimum Gasteiger partial charge on any atom is -0.381 e. The van der Waals surface area contributed by atoms with E-state index in [1.165, 1.54) is 6.20 Å². The topological polar surface area (TPSA) is 80.6 Å². The predicted molar refractivity (Wildman–Crippen MR) is 95.1 cm³/mol. The molecule has 0 atom stereocenters. The van der Waals surface area contributed by atoms with Crippen LogP contribution in [0.15, 0.2) is 18.5 Å². The monoisotopic (exact) mass is 379 g/mol. The fourth-order valence-electron chi connectivity index (χ4n) is 3.61. The molecule has 4 rings (SSSR count). The molecule has 9 heteroatoms. The number of hydrogen-bond donors (Lipinski definition) is 2. The molecule has 2 aromatic heterocycles. The molecular formula is C18H23F2N5O2. The number of fused-ring (bicyclic) bond motifs is 1. The van der Waals surface area contributed by atoms with Crippen molar-refractivity contribution in [3.63, 3.8) is 0 Å². The maximum atomic E-state index is 13.3. The smallest absolute Gasteiger partial charge is 0.256 e. The predicted octanol–water partition coefficient (Wildman–Crippen LogP) is 2.63. The van der Waals surface area contributed by atoms with Crippen LogP contribution in [0.4, 0.5) is 14.6 Å². The molecule has 1 saturated carbocycles. The fraction of sp³-hybridized carbons (Fsp3) is 0.611. The Bertz CT molecular complexity index is 809. The summed E-state index contributed by atoms with van der Waals surface area (Å²) >= 11 is 0. The van der Waals surface area contributed by atoms with E-state index in [1.54, 1.807) is 10.7 Å². The summed E-state index contributed by atoms with van der Waals surface area (Å²) in [5, 5.41) is 10.4. The van der Waals surface area contributed by atoms with E-state index >= 15 is 0 Å². The maximum Gasteiger partial charge on any atom is 0.256 e. The zero-order valence-electron chi connectivity index (χ0n) is 15.0. The number of hydrogen-bond acceptors (Lipinski definition) is 5. The lowest BCUT2D eigenvalue weighted by Gasteiger charge is -2.28. The lowest BCUT2D eigenvalue weighted by atomic mass is 9.92. The summed E-state index contributed by atoms with van der Waals surface area (Å²) in [5.74, 6) is -2.25. The number of ether oxygens (including phenoxy) is 1. The van der Waals surface area contributed by atoms with Gasteiger partial charge < -0.3 is 15.4 Å². The average molecular weight is 379 g/mol. The Morgan fingerprint density at radius 1 is 1.19 bits per heavy atom. The molecule has 0 aromatic carbocycles. The largest absolute Gasteiger partial charge is 0.381 e. The first kappa shape index (κ1) is 18.1. The number of carbonyl (C=O) groups excluding carboxylic acids is 1. The summed E-state index contributed by atoms with van der Waals surface area (Å²) in [5.41, 5.74) is 0.800. The second kappa shape index (κ2) is 7.38. The minimum absolute atomic E-state index is 0.190. The summed E-state index contributed by atoms with van der Waals surface area (Å²) in [6.45, 7) is 1.45. The Hall–Kier alpha value is -2.29. The molecule has 1 aliphatic carbocycles. The molecule has 146 valence electrons. The average Bonchev–Trinajstić information content (AvgIpc) is 3.08. The van der Waals surface area contributed by atoms with Crippen LogP contribution in [-0.4, -0.2) is 51.7 Å². The number of amides is 1. The van der Waals surface area contributed by atoms with Crippen LogP contribution in [0.25, 0.3) is 5.65 Å². The molecule has 2 aliphatic rings. The molecule has 0 unspecified atom stereocenters. The Kier molecular flexibility index (Phi) is 4.94. The molecule has 0 bridgehead atoms. The van der Waals surface area contributed by atoms with Gasteiger partial charge in [0.05, 0.1) is 6.20 Å². The van der Waals surface area contributed by atoms with Crippen molar-refractivity contribution in [2.24, 2.45) is 0 Å². The number of halogens is 2. The van der Waals surface area contributed by atoms with Crippen LogP contribution in [-0.2, 0) is 4.74 Å². The van der Waals surface area contributed by atoms with Crippen molar-refractivity contribution in [3.8, 4) is 0 Å². The summed E-state index contributed by atoms with van der Waals surface area (Å²) in [6, 6.07) is 1.87. The van der Waals surface area contributed by atoms with E-state index in [0.29, 0.717) is 17.0 Å². The third-order valence-corrected chi connectivity index (χ3v) is 5.24. The summed E-state index contributed by atoms with van der Waals surface area (Å²) < 4.78 is 33.5. The van der Waals surface area contributed by atoms with E-state index in [1.807, 2.05) is 6.07 Å². The first-order valence-corrected chi connectivity index (χ1v) is 9.37. The van der Waals surface area contributed by atoms with Crippen LogP contribution in [0.3, 0.4) is 0 Å². The van der Waals surface area contributed by atoms with Crippen LogP contribution >= 0.6 is 0 Å². The van der Waals surface area contributed by atoms with E-state index in [0.717, 1.165) is 26.1 Å². The highest BCUT2D eigenvalue weighted by atomic mass is 19.3. The Morgan fingerprint density at radius 3 is 2.67 bits per heavy atom. The Labute approximate surface area is 155 Å². The molecular weight excluding hydrogens is 356 g/mol. The molecule has 2 N–H and O–H groups in total. The molecule has 1 saturated heterocycles. The SMILES string of the molecule is O=C(NC1CCC(F)(F)CC1)c1cnn2ccc(NC3CCOCC3)nc12. The van der Waals surface area contributed by atoms with Gasteiger partial charge in [-0.3, -0.25) is 4.79 Å². The van der Waals surface area contributed by atoms with Crippen molar-refractivity contribution in [2.45, 2.75) is 56.5 Å². The van der Waals surface area contributed by atoms with Gasteiger partial charge in [0.25, 0.3) is 5.91 Å². The molecule has 2 aromatic rings. The highest BCUT2D eigenvalue weighted by molar-refractivity contribution is 5.99. The van der Waals surface area contributed by atoms with Crippen LogP contribution < -0.4 is 10.6 Å². The zero-order chi connectivity index (χ0) is 18.9. The second-order valence-electron chi connectivity index (χ2n) is 7.27. The van der Waals surface area contributed by atoms with Gasteiger partial charge in [-0.25, -0.2) is 18.3 Å². The third kappa shape index (κ3) is 4.18. The van der Waals surface area contributed by atoms with Crippen LogP contribution in [0.5, 0.6) is 0 Å². The van der Waals surface area contributed by atoms with Gasteiger partial charge in [-0.15, -0.1) is 0 Å². The first-order chi connectivity index (χ1) is 13.0. The fourth-order valence-corrected chi connectivity index (χ4v) is 3.61. The molecule has 3 heterocycles. The van der Waals surface area contributed by atoms with Crippen LogP contribution in [0, 0.1) is 0 Å². The number of nitrogens with zero attached hydrogens (tertiary/aromatic N) is 3. The van der Waals surface area contributed by atoms with Crippen molar-refractivity contribution in [1.82, 2.24) is 19.9 Å². The molecule has 1 aliphatic heterocycles. The van der Waals surface area contributed by atoms with Gasteiger partial charge in [-0.05, 0) is 31.7 Å². The van der Waals surface area contributed by atoms with Crippen LogP contribution in [0.1, 0.15) is 48.9 Å². The van der Waals surface area contributed by atoms with Crippen molar-refractivity contribution >= 4 is 17.4 Å². The number of nitrogens with one attached hydrogen (secondary N) is 2. The minimum atomic E-state index is -2.61. The van der Waals surface area contributed by atoms with Crippen molar-refractivity contribution in [2.75, 3.05) is 18.5 Å². The van der Waals surface area contributed by atoms with Gasteiger partial charge in [0.15, 0.2) is 5.65 Å². The van der Waals surface area contributed by atoms with Crippen molar-refractivity contribution < 1.29 is 18.3 Å². The van der Waals surface area contributed by atoms with E-state index in [4.69, 9.17) is 4.74 Å². The molecule has 7 nitrogen and oxygen atoms in total. The van der Waals surface area contributed by atoms with Crippen molar-refractivity contribution in [3.05, 3.63) is 24.0 Å². The lowest BCUT2D eigenvalue weighted by molar-refractivity contribution is -0.0399. The highest BCUT2D eigenvalue weighted by Crippen LogP contribution is 2.33. The number of carbonyl (C=O) groups is 1. The van der Waals surface area contributed by atoms with E-state index in [9.17, 15) is 13.6 Å². The van der Waals surface area contributed by atoms with Gasteiger partial charge in [0, 0.05) is 44.3 Å². The zero-order valence-corrected chi connectivity index (χ0v) is 15.0. The first-order valence-electron chi connectivity index (χ1n) is 9.37. The van der Waals surface area contributed by atoms with E-state index in [-0.39, 0.29) is 43.7 Å². The molecule has 1 amide bonds. The second-order valence-corrected chi connectivity index (χ2v) is 7.27. The number of rotatable bonds is 4. The normalized spacial score (nSPS) is 21.3. The number of aromatic nitrogens is 3. The Morgan fingerprint density at radius 2 is 1.93 bits per heavy atom. The van der Waals surface area contributed by atoms with Gasteiger partial charge in [0.2, 0.25) is 5.92 Å². The molecule has 0 radical (unpaired) electrons. The van der Waals surface area contributed by atoms with E-state index in [2.05, 4.69) is 20.7 Å². The molecule has 27 heavy (non-hydrogen) atoms. The van der Waals surface area contributed by atoms with Gasteiger partial charge in [0.1, 0.15) is 11.4 Å². The summed E-state index contributed by atoms with van der Waals surface area (Å²) in [7, 11) is 0. The standard InChI is InChI=1S/C18H23F2N5O2/c19-18(20)6-1-12(2-7-18)23-17(26)14-11-21-25-8-3-15(24-16(14)25)22-13-4-9-27-10-5-13/h3,8,11-13H,1-2,4-7,9-10H2,(H,22,24)(H,23,26). The molecule has 2 fully saturated rings. The molecule has 0 spiro atoms. The number of anilines is 1. The number of alkyl halides is 2. The van der Waals surface area contributed by atoms with Crippen LogP contribution in [0.2, 0.25) is 0 Å².